The Bertz CT molecular complexity index is 917. The Morgan fingerprint density at radius 3 is 2.83 bits per heavy atom. The second-order valence-electron chi connectivity index (χ2n) is 5.97. The topological polar surface area (TPSA) is 95.7 Å². The summed E-state index contributed by atoms with van der Waals surface area (Å²) in [7, 11) is 0. The third-order valence-electron chi connectivity index (χ3n) is 4.36. The number of hydrogen-bond donors (Lipinski definition) is 1. The van der Waals surface area contributed by atoms with Gasteiger partial charge in [-0.3, -0.25) is 0 Å². The van der Waals surface area contributed by atoms with Gasteiger partial charge in [0.15, 0.2) is 11.5 Å². The highest BCUT2D eigenvalue weighted by molar-refractivity contribution is 6.30. The van der Waals surface area contributed by atoms with E-state index in [1.807, 2.05) is 0 Å². The first kappa shape index (κ1) is 15.2. The van der Waals surface area contributed by atoms with Gasteiger partial charge < -0.3 is 10.3 Å². The van der Waals surface area contributed by atoms with Gasteiger partial charge in [0.25, 0.3) is 5.89 Å². The Hall–Kier alpha value is -2.32. The number of benzene rings is 1. The summed E-state index contributed by atoms with van der Waals surface area (Å²) < 4.78 is 20.2. The lowest BCUT2D eigenvalue weighted by Crippen LogP contribution is -2.44. The smallest absolute Gasteiger partial charge is 0.280 e. The van der Waals surface area contributed by atoms with Crippen LogP contribution in [-0.4, -0.2) is 25.1 Å². The van der Waals surface area contributed by atoms with Gasteiger partial charge in [-0.15, -0.1) is 5.10 Å². The summed E-state index contributed by atoms with van der Waals surface area (Å²) in [5.74, 6) is 0.259. The summed E-state index contributed by atoms with van der Waals surface area (Å²) in [4.78, 5) is 4.37. The Balaban J connectivity index is 1.70. The van der Waals surface area contributed by atoms with E-state index in [1.165, 1.54) is 16.8 Å². The molecule has 1 aliphatic rings. The van der Waals surface area contributed by atoms with Gasteiger partial charge >= 0.3 is 0 Å². The second kappa shape index (κ2) is 5.35. The lowest BCUT2D eigenvalue weighted by molar-refractivity contribution is 0.229. The van der Waals surface area contributed by atoms with Crippen LogP contribution in [0.3, 0.4) is 0 Å². The molecule has 3 aromatic rings. The van der Waals surface area contributed by atoms with E-state index in [1.54, 1.807) is 13.0 Å². The summed E-state index contributed by atoms with van der Waals surface area (Å²) >= 11 is 5.82. The van der Waals surface area contributed by atoms with E-state index in [4.69, 9.17) is 21.9 Å². The third-order valence-corrected chi connectivity index (χ3v) is 4.65. The van der Waals surface area contributed by atoms with Crippen molar-refractivity contribution in [2.75, 3.05) is 0 Å². The van der Waals surface area contributed by atoms with E-state index in [9.17, 15) is 4.39 Å². The number of halogens is 2. The van der Waals surface area contributed by atoms with Crippen molar-refractivity contribution >= 4 is 11.6 Å². The third kappa shape index (κ3) is 2.30. The van der Waals surface area contributed by atoms with E-state index in [2.05, 4.69) is 20.5 Å². The molecule has 1 saturated carbocycles. The molecule has 9 heteroatoms. The van der Waals surface area contributed by atoms with E-state index < -0.39 is 11.4 Å². The summed E-state index contributed by atoms with van der Waals surface area (Å²) in [6.07, 6.45) is 2.73. The predicted molar refractivity (Wildman–Crippen MR) is 84.1 cm³/mol. The highest BCUT2D eigenvalue weighted by Gasteiger charge is 2.39. The van der Waals surface area contributed by atoms with Crippen LogP contribution in [0.2, 0.25) is 5.02 Å². The van der Waals surface area contributed by atoms with Crippen molar-refractivity contribution in [1.82, 2.24) is 25.1 Å². The molecule has 7 nitrogen and oxygen atoms in total. The lowest BCUT2D eigenvalue weighted by Gasteiger charge is -2.34. The van der Waals surface area contributed by atoms with Crippen molar-refractivity contribution in [3.05, 3.63) is 40.6 Å². The standard InChI is InChI=1S/C15H14ClFN6O/c1-8-12(13-19-14(21-24-13)15(18)5-2-6-15)20-22-23(8)9-3-4-11(17)10(16)7-9/h3-4,7H,2,5-6,18H2,1H3. The highest BCUT2D eigenvalue weighted by atomic mass is 35.5. The number of rotatable bonds is 3. The van der Waals surface area contributed by atoms with E-state index >= 15 is 0 Å². The van der Waals surface area contributed by atoms with E-state index in [0.717, 1.165) is 19.3 Å². The normalized spacial score (nSPS) is 16.2. The average molecular weight is 349 g/mol. The van der Waals surface area contributed by atoms with Crippen molar-refractivity contribution in [2.45, 2.75) is 31.7 Å². The van der Waals surface area contributed by atoms with Gasteiger partial charge in [-0.25, -0.2) is 9.07 Å². The molecule has 1 fully saturated rings. The van der Waals surface area contributed by atoms with Crippen molar-refractivity contribution < 1.29 is 8.91 Å². The maximum Gasteiger partial charge on any atom is 0.280 e. The molecular formula is C15H14ClFN6O. The molecule has 1 aliphatic carbocycles. The SMILES string of the molecule is Cc1c(-c2nc(C3(N)CCC3)no2)nnn1-c1ccc(F)c(Cl)c1. The van der Waals surface area contributed by atoms with Crippen molar-refractivity contribution in [1.29, 1.82) is 0 Å². The Kier molecular flexibility index (Phi) is 3.40. The Labute approximate surface area is 141 Å². The van der Waals surface area contributed by atoms with Crippen LogP contribution in [0.25, 0.3) is 17.3 Å². The number of nitrogens with two attached hydrogens (primary N) is 1. The largest absolute Gasteiger partial charge is 0.332 e. The molecule has 2 N–H and O–H groups in total. The maximum absolute atomic E-state index is 13.3. The quantitative estimate of drug-likeness (QED) is 0.781. The van der Waals surface area contributed by atoms with Crippen LogP contribution in [0.15, 0.2) is 22.7 Å². The van der Waals surface area contributed by atoms with Crippen molar-refractivity contribution in [3.8, 4) is 17.3 Å². The molecule has 1 aromatic carbocycles. The number of hydrogen-bond acceptors (Lipinski definition) is 6. The minimum atomic E-state index is -0.504. The average Bonchev–Trinajstić information content (AvgIpc) is 3.14. The van der Waals surface area contributed by atoms with Crippen LogP contribution in [0.1, 0.15) is 30.8 Å². The fourth-order valence-corrected chi connectivity index (χ4v) is 2.87. The van der Waals surface area contributed by atoms with Crippen LogP contribution < -0.4 is 5.73 Å². The molecule has 4 rings (SSSR count). The van der Waals surface area contributed by atoms with Gasteiger partial charge in [0.1, 0.15) is 5.82 Å². The van der Waals surface area contributed by atoms with Crippen LogP contribution >= 0.6 is 11.6 Å². The summed E-state index contributed by atoms with van der Waals surface area (Å²) in [5, 5.41) is 12.1. The lowest BCUT2D eigenvalue weighted by atomic mass is 9.77. The molecule has 0 spiro atoms. The molecule has 24 heavy (non-hydrogen) atoms. The van der Waals surface area contributed by atoms with Crippen LogP contribution in [0.5, 0.6) is 0 Å². The Morgan fingerprint density at radius 1 is 1.38 bits per heavy atom. The zero-order chi connectivity index (χ0) is 16.9. The minimum absolute atomic E-state index is 0.0130. The number of nitrogens with zero attached hydrogens (tertiary/aromatic N) is 5. The van der Waals surface area contributed by atoms with Gasteiger partial charge in [-0.2, -0.15) is 4.98 Å². The van der Waals surface area contributed by atoms with E-state index in [0.29, 0.717) is 22.9 Å². The second-order valence-corrected chi connectivity index (χ2v) is 6.37. The minimum Gasteiger partial charge on any atom is -0.332 e. The Morgan fingerprint density at radius 2 is 2.17 bits per heavy atom. The number of aromatic nitrogens is 5. The summed E-state index contributed by atoms with van der Waals surface area (Å²) in [6, 6.07) is 4.32. The molecular weight excluding hydrogens is 335 g/mol. The van der Waals surface area contributed by atoms with Crippen LogP contribution in [0.4, 0.5) is 4.39 Å². The van der Waals surface area contributed by atoms with Crippen LogP contribution in [-0.2, 0) is 5.54 Å². The maximum atomic E-state index is 13.3. The summed E-state index contributed by atoms with van der Waals surface area (Å²) in [5.41, 5.74) is 7.42. The molecule has 0 radical (unpaired) electrons. The van der Waals surface area contributed by atoms with Gasteiger partial charge in [-0.1, -0.05) is 22.0 Å². The molecule has 0 saturated heterocycles. The molecule has 0 unspecified atom stereocenters. The summed E-state index contributed by atoms with van der Waals surface area (Å²) in [6.45, 7) is 1.80. The zero-order valence-corrected chi connectivity index (χ0v) is 13.6. The molecule has 0 bridgehead atoms. The van der Waals surface area contributed by atoms with Crippen molar-refractivity contribution in [2.24, 2.45) is 5.73 Å². The zero-order valence-electron chi connectivity index (χ0n) is 12.8. The van der Waals surface area contributed by atoms with Gasteiger partial charge in [0.2, 0.25) is 0 Å². The van der Waals surface area contributed by atoms with Crippen molar-refractivity contribution in [3.63, 3.8) is 0 Å². The molecule has 0 amide bonds. The monoisotopic (exact) mass is 348 g/mol. The molecule has 0 aliphatic heterocycles. The fraction of sp³-hybridized carbons (Fsp3) is 0.333. The molecule has 2 aromatic heterocycles. The van der Waals surface area contributed by atoms with Gasteiger partial charge in [0.05, 0.1) is 21.9 Å². The molecule has 2 heterocycles. The molecule has 0 atom stereocenters. The van der Waals surface area contributed by atoms with Gasteiger partial charge in [-0.05, 0) is 44.4 Å². The predicted octanol–water partition coefficient (Wildman–Crippen LogP) is 2.76. The highest BCUT2D eigenvalue weighted by Crippen LogP contribution is 2.37. The van der Waals surface area contributed by atoms with E-state index in [-0.39, 0.29) is 10.9 Å². The van der Waals surface area contributed by atoms with Gasteiger partial charge in [0, 0.05) is 0 Å². The first-order valence-electron chi connectivity index (χ1n) is 7.49. The fourth-order valence-electron chi connectivity index (χ4n) is 2.69. The molecule has 124 valence electrons. The first-order valence-corrected chi connectivity index (χ1v) is 7.87. The van der Waals surface area contributed by atoms with Crippen LogP contribution in [0, 0.1) is 12.7 Å². The first-order chi connectivity index (χ1) is 11.5.